The van der Waals surface area contributed by atoms with Crippen molar-refractivity contribution in [1.82, 2.24) is 4.98 Å². The Labute approximate surface area is 103 Å². The van der Waals surface area contributed by atoms with Crippen LogP contribution in [0.25, 0.3) is 0 Å². The monoisotopic (exact) mass is 246 g/mol. The molecule has 92 valence electrons. The number of nitrogens with zero attached hydrogens (tertiary/aromatic N) is 2. The summed E-state index contributed by atoms with van der Waals surface area (Å²) in [5, 5.41) is 20.2. The molecule has 2 rings (SSSR count). The summed E-state index contributed by atoms with van der Waals surface area (Å²) in [5.41, 5.74) is 0.283. The van der Waals surface area contributed by atoms with Crippen LogP contribution in [-0.4, -0.2) is 15.0 Å². The highest BCUT2D eigenvalue weighted by molar-refractivity contribution is 5.49. The molecule has 0 unspecified atom stereocenters. The average Bonchev–Trinajstić information content (AvgIpc) is 2.28. The van der Waals surface area contributed by atoms with E-state index in [1.807, 2.05) is 0 Å². The van der Waals surface area contributed by atoms with Crippen LogP contribution in [0.15, 0.2) is 36.5 Å². The Kier molecular flexibility index (Phi) is 3.09. The quantitative estimate of drug-likeness (QED) is 0.664. The largest absolute Gasteiger partial charge is 0.508 e. The summed E-state index contributed by atoms with van der Waals surface area (Å²) in [5.74, 6) is 0.213. The summed E-state index contributed by atoms with van der Waals surface area (Å²) in [6, 6.07) is 7.52. The third kappa shape index (κ3) is 2.37. The normalized spacial score (nSPS) is 10.1. The molecule has 1 N–H and O–H groups in total. The number of aryl methyl sites for hydroxylation is 1. The van der Waals surface area contributed by atoms with Gasteiger partial charge in [-0.15, -0.1) is 0 Å². The molecule has 0 aliphatic carbocycles. The standard InChI is InChI=1S/C12H10N2O4/c1-8-5-6-13-12(11(8)14(16)17)18-10-4-2-3-9(15)7-10/h2-7,15H,1H3. The SMILES string of the molecule is Cc1ccnc(Oc2cccc(O)c2)c1[N+](=O)[O-]. The second-order valence-electron chi connectivity index (χ2n) is 3.64. The first kappa shape index (κ1) is 11.8. The van der Waals surface area contributed by atoms with Crippen LogP contribution < -0.4 is 4.74 Å². The van der Waals surface area contributed by atoms with Crippen molar-refractivity contribution in [2.75, 3.05) is 0 Å². The molecule has 0 atom stereocenters. The van der Waals surface area contributed by atoms with E-state index in [4.69, 9.17) is 4.74 Å². The molecule has 0 aliphatic rings. The number of hydrogen-bond acceptors (Lipinski definition) is 5. The van der Waals surface area contributed by atoms with Gasteiger partial charge in [0.05, 0.1) is 4.92 Å². The molecular weight excluding hydrogens is 236 g/mol. The lowest BCUT2D eigenvalue weighted by molar-refractivity contribution is -0.386. The maximum absolute atomic E-state index is 10.9. The van der Waals surface area contributed by atoms with E-state index in [1.165, 1.54) is 24.4 Å². The molecular formula is C12H10N2O4. The van der Waals surface area contributed by atoms with Gasteiger partial charge in [-0.1, -0.05) is 6.07 Å². The number of hydrogen-bond donors (Lipinski definition) is 1. The van der Waals surface area contributed by atoms with Crippen LogP contribution in [0.5, 0.6) is 17.4 Å². The van der Waals surface area contributed by atoms with Crippen molar-refractivity contribution in [1.29, 1.82) is 0 Å². The number of rotatable bonds is 3. The summed E-state index contributed by atoms with van der Waals surface area (Å²) in [6.07, 6.45) is 1.43. The molecule has 2 aromatic rings. The van der Waals surface area contributed by atoms with Gasteiger partial charge in [0, 0.05) is 17.8 Å². The van der Waals surface area contributed by atoms with Gasteiger partial charge in [-0.05, 0) is 25.1 Å². The number of nitro groups is 1. The van der Waals surface area contributed by atoms with E-state index in [9.17, 15) is 15.2 Å². The van der Waals surface area contributed by atoms with Gasteiger partial charge < -0.3 is 9.84 Å². The highest BCUT2D eigenvalue weighted by atomic mass is 16.6. The molecule has 0 aliphatic heterocycles. The number of aromatic nitrogens is 1. The van der Waals surface area contributed by atoms with Crippen molar-refractivity contribution in [3.63, 3.8) is 0 Å². The fourth-order valence-electron chi connectivity index (χ4n) is 1.48. The van der Waals surface area contributed by atoms with Gasteiger partial charge >= 0.3 is 5.69 Å². The second-order valence-corrected chi connectivity index (χ2v) is 3.64. The van der Waals surface area contributed by atoms with E-state index in [0.717, 1.165) is 0 Å². The topological polar surface area (TPSA) is 85.5 Å². The van der Waals surface area contributed by atoms with Gasteiger partial charge in [-0.25, -0.2) is 4.98 Å². The molecule has 1 aromatic carbocycles. The zero-order valence-electron chi connectivity index (χ0n) is 9.53. The third-order valence-electron chi connectivity index (χ3n) is 2.31. The number of pyridine rings is 1. The van der Waals surface area contributed by atoms with Crippen molar-refractivity contribution < 1.29 is 14.8 Å². The van der Waals surface area contributed by atoms with Gasteiger partial charge in [0.15, 0.2) is 0 Å². The first-order chi connectivity index (χ1) is 8.58. The molecule has 0 radical (unpaired) electrons. The van der Waals surface area contributed by atoms with Crippen molar-refractivity contribution >= 4 is 5.69 Å². The minimum atomic E-state index is -0.541. The summed E-state index contributed by atoms with van der Waals surface area (Å²) < 4.78 is 5.32. The first-order valence-electron chi connectivity index (χ1n) is 5.15. The molecule has 6 nitrogen and oxygen atoms in total. The molecule has 1 aromatic heterocycles. The summed E-state index contributed by atoms with van der Waals surface area (Å²) in [7, 11) is 0. The van der Waals surface area contributed by atoms with Crippen LogP contribution in [0.3, 0.4) is 0 Å². The number of benzene rings is 1. The van der Waals surface area contributed by atoms with E-state index in [0.29, 0.717) is 5.56 Å². The Hall–Kier alpha value is -2.63. The van der Waals surface area contributed by atoms with Gasteiger partial charge in [0.2, 0.25) is 0 Å². The maximum Gasteiger partial charge on any atom is 0.334 e. The molecule has 1 heterocycles. The fraction of sp³-hybridized carbons (Fsp3) is 0.0833. The number of ether oxygens (including phenoxy) is 1. The minimum Gasteiger partial charge on any atom is -0.508 e. The molecule has 0 amide bonds. The Morgan fingerprint density at radius 3 is 2.83 bits per heavy atom. The van der Waals surface area contributed by atoms with E-state index >= 15 is 0 Å². The molecule has 0 spiro atoms. The lowest BCUT2D eigenvalue weighted by Gasteiger charge is -2.06. The van der Waals surface area contributed by atoms with Gasteiger partial charge in [-0.2, -0.15) is 0 Å². The predicted molar refractivity (Wildman–Crippen MR) is 63.8 cm³/mol. The zero-order chi connectivity index (χ0) is 13.1. The Bertz CT molecular complexity index is 598. The fourth-order valence-corrected chi connectivity index (χ4v) is 1.48. The Morgan fingerprint density at radius 1 is 1.39 bits per heavy atom. The average molecular weight is 246 g/mol. The minimum absolute atomic E-state index is 0.0165. The molecule has 0 saturated carbocycles. The summed E-state index contributed by atoms with van der Waals surface area (Å²) >= 11 is 0. The van der Waals surface area contributed by atoms with Crippen LogP contribution >= 0.6 is 0 Å². The Balaban J connectivity index is 2.40. The molecule has 0 bridgehead atoms. The highest BCUT2D eigenvalue weighted by Gasteiger charge is 2.20. The lowest BCUT2D eigenvalue weighted by atomic mass is 10.2. The smallest absolute Gasteiger partial charge is 0.334 e. The maximum atomic E-state index is 10.9. The van der Waals surface area contributed by atoms with Crippen molar-refractivity contribution in [2.45, 2.75) is 6.92 Å². The summed E-state index contributed by atoms with van der Waals surface area (Å²) in [4.78, 5) is 14.2. The second kappa shape index (κ2) is 4.70. The lowest BCUT2D eigenvalue weighted by Crippen LogP contribution is -1.98. The van der Waals surface area contributed by atoms with Crippen molar-refractivity contribution in [2.24, 2.45) is 0 Å². The van der Waals surface area contributed by atoms with Crippen LogP contribution in [0.1, 0.15) is 5.56 Å². The van der Waals surface area contributed by atoms with Crippen molar-refractivity contribution in [3.05, 3.63) is 52.2 Å². The van der Waals surface area contributed by atoms with Gasteiger partial charge in [0.25, 0.3) is 5.88 Å². The van der Waals surface area contributed by atoms with E-state index in [1.54, 1.807) is 19.1 Å². The predicted octanol–water partition coefficient (Wildman–Crippen LogP) is 2.80. The van der Waals surface area contributed by atoms with E-state index < -0.39 is 4.92 Å². The first-order valence-corrected chi connectivity index (χ1v) is 5.15. The molecule has 6 heteroatoms. The van der Waals surface area contributed by atoms with Gasteiger partial charge in [0.1, 0.15) is 11.5 Å². The van der Waals surface area contributed by atoms with Crippen molar-refractivity contribution in [3.8, 4) is 17.4 Å². The van der Waals surface area contributed by atoms with E-state index in [2.05, 4.69) is 4.98 Å². The number of phenolic OH excluding ortho intramolecular Hbond substituents is 1. The highest BCUT2D eigenvalue weighted by Crippen LogP contribution is 2.32. The third-order valence-corrected chi connectivity index (χ3v) is 2.31. The number of phenols is 1. The summed E-state index contributed by atoms with van der Waals surface area (Å²) in [6.45, 7) is 1.61. The zero-order valence-corrected chi connectivity index (χ0v) is 9.53. The van der Waals surface area contributed by atoms with Crippen LogP contribution in [0, 0.1) is 17.0 Å². The Morgan fingerprint density at radius 2 is 2.17 bits per heavy atom. The molecule has 0 fully saturated rings. The molecule has 0 saturated heterocycles. The van der Waals surface area contributed by atoms with Crippen LogP contribution in [-0.2, 0) is 0 Å². The molecule has 18 heavy (non-hydrogen) atoms. The van der Waals surface area contributed by atoms with Crippen LogP contribution in [0.4, 0.5) is 5.69 Å². The van der Waals surface area contributed by atoms with Gasteiger partial charge in [-0.3, -0.25) is 10.1 Å². The number of aromatic hydroxyl groups is 1. The van der Waals surface area contributed by atoms with E-state index in [-0.39, 0.29) is 23.1 Å². The van der Waals surface area contributed by atoms with Crippen LogP contribution in [0.2, 0.25) is 0 Å².